The van der Waals surface area contributed by atoms with Gasteiger partial charge in [-0.05, 0) is 24.4 Å². The highest BCUT2D eigenvalue weighted by atomic mass is 16.7. The average Bonchev–Trinajstić information content (AvgIpc) is 2.89. The van der Waals surface area contributed by atoms with Gasteiger partial charge in [0.05, 0.1) is 0 Å². The molecule has 0 N–H and O–H groups in total. The van der Waals surface area contributed by atoms with Crippen LogP contribution in [0.25, 0.3) is 0 Å². The molecule has 22 heavy (non-hydrogen) atoms. The molecule has 2 saturated heterocycles. The number of piperidine rings is 1. The Morgan fingerprint density at radius 3 is 2.05 bits per heavy atom. The van der Waals surface area contributed by atoms with Crippen LogP contribution in [0.5, 0.6) is 0 Å². The maximum Gasteiger partial charge on any atom is 0.370 e. The fourth-order valence-electron chi connectivity index (χ4n) is 3.04. The minimum absolute atomic E-state index is 0.456. The number of rotatable bonds is 0. The first-order valence-corrected chi connectivity index (χ1v) is 7.26. The number of carbonyl (C=O) groups is 3. The summed E-state index contributed by atoms with van der Waals surface area (Å²) in [6, 6.07) is -0.677. The van der Waals surface area contributed by atoms with E-state index in [1.54, 1.807) is 7.05 Å². The number of likely N-dealkylation sites (N-methyl/N-ethyl adjacent to an activating group) is 3. The molecule has 9 heteroatoms. The van der Waals surface area contributed by atoms with Gasteiger partial charge in [0.2, 0.25) is 5.96 Å². The minimum atomic E-state index is -1.91. The second-order valence-corrected chi connectivity index (χ2v) is 5.74. The third-order valence-corrected chi connectivity index (χ3v) is 4.43. The lowest BCUT2D eigenvalue weighted by molar-refractivity contribution is -0.186. The molecule has 0 atom stereocenters. The number of barbiturate groups is 1. The third-order valence-electron chi connectivity index (χ3n) is 4.43. The molecule has 0 aliphatic carbocycles. The lowest BCUT2D eigenvalue weighted by atomic mass is 10.1. The number of guanidine groups is 1. The van der Waals surface area contributed by atoms with Gasteiger partial charge in [0, 0.05) is 34.2 Å². The SMILES string of the molecule is CN1C(=O)N(C)C(=O)C2(ON=C(N3CCCCC3)N2C)C1=O. The molecule has 3 aliphatic rings. The maximum atomic E-state index is 12.6. The molecule has 3 rings (SSSR count). The highest BCUT2D eigenvalue weighted by Gasteiger charge is 2.65. The molecule has 0 aromatic heterocycles. The standard InChI is InChI=1S/C13H19N5O4/c1-15-9(19)13(10(20)16(2)12(15)21)17(3)11(14-22-13)18-7-5-4-6-8-18/h4-8H2,1-3H3. The minimum Gasteiger partial charge on any atom is -0.342 e. The van der Waals surface area contributed by atoms with Crippen LogP contribution < -0.4 is 0 Å². The first-order chi connectivity index (χ1) is 10.4. The van der Waals surface area contributed by atoms with Crippen molar-refractivity contribution in [1.82, 2.24) is 19.6 Å². The van der Waals surface area contributed by atoms with Crippen molar-refractivity contribution in [2.75, 3.05) is 34.2 Å². The van der Waals surface area contributed by atoms with E-state index in [2.05, 4.69) is 5.16 Å². The van der Waals surface area contributed by atoms with Crippen LogP contribution in [0, 0.1) is 0 Å². The monoisotopic (exact) mass is 309 g/mol. The summed E-state index contributed by atoms with van der Waals surface area (Å²) in [6.07, 6.45) is 3.21. The van der Waals surface area contributed by atoms with Gasteiger partial charge in [-0.2, -0.15) is 0 Å². The highest BCUT2D eigenvalue weighted by molar-refractivity contribution is 6.22. The summed E-state index contributed by atoms with van der Waals surface area (Å²) in [5, 5.41) is 3.97. The largest absolute Gasteiger partial charge is 0.370 e. The van der Waals surface area contributed by atoms with Crippen LogP contribution in [-0.4, -0.2) is 83.4 Å². The van der Waals surface area contributed by atoms with Crippen LogP contribution in [0.4, 0.5) is 4.79 Å². The Balaban J connectivity index is 1.92. The van der Waals surface area contributed by atoms with Crippen molar-refractivity contribution in [3.8, 4) is 0 Å². The molecular formula is C13H19N5O4. The van der Waals surface area contributed by atoms with Gasteiger partial charge < -0.3 is 9.74 Å². The van der Waals surface area contributed by atoms with Gasteiger partial charge in [0.15, 0.2) is 0 Å². The van der Waals surface area contributed by atoms with Crippen LogP contribution in [0.1, 0.15) is 19.3 Å². The number of hydrogen-bond acceptors (Lipinski definition) is 7. The summed E-state index contributed by atoms with van der Waals surface area (Å²) in [5.74, 6) is -0.990. The number of urea groups is 1. The van der Waals surface area contributed by atoms with Crippen molar-refractivity contribution >= 4 is 23.8 Å². The van der Waals surface area contributed by atoms with Crippen LogP contribution in [-0.2, 0) is 14.4 Å². The smallest absolute Gasteiger partial charge is 0.342 e. The summed E-state index contributed by atoms with van der Waals surface area (Å²) in [6.45, 7) is 1.60. The lowest BCUT2D eigenvalue weighted by Crippen LogP contribution is -2.73. The van der Waals surface area contributed by atoms with Gasteiger partial charge >= 0.3 is 23.6 Å². The van der Waals surface area contributed by atoms with E-state index in [1.807, 2.05) is 4.90 Å². The van der Waals surface area contributed by atoms with E-state index in [0.717, 1.165) is 42.2 Å². The van der Waals surface area contributed by atoms with Crippen molar-refractivity contribution < 1.29 is 19.2 Å². The van der Waals surface area contributed by atoms with E-state index < -0.39 is 23.6 Å². The normalized spacial score (nSPS) is 25.0. The van der Waals surface area contributed by atoms with E-state index in [-0.39, 0.29) is 0 Å². The van der Waals surface area contributed by atoms with Gasteiger partial charge in [-0.15, -0.1) is 0 Å². The van der Waals surface area contributed by atoms with Gasteiger partial charge in [0.25, 0.3) is 0 Å². The second-order valence-electron chi connectivity index (χ2n) is 5.74. The van der Waals surface area contributed by atoms with Crippen molar-refractivity contribution in [2.45, 2.75) is 25.0 Å². The van der Waals surface area contributed by atoms with E-state index in [1.165, 1.54) is 19.0 Å². The average molecular weight is 309 g/mol. The number of carbonyl (C=O) groups excluding carboxylic acids is 3. The molecule has 120 valence electrons. The lowest BCUT2D eigenvalue weighted by Gasteiger charge is -2.41. The predicted octanol–water partition coefficient (Wildman–Crippen LogP) is -0.548. The summed E-state index contributed by atoms with van der Waals surface area (Å²) in [5.41, 5.74) is -1.91. The van der Waals surface area contributed by atoms with E-state index in [4.69, 9.17) is 4.84 Å². The van der Waals surface area contributed by atoms with E-state index >= 15 is 0 Å². The summed E-state index contributed by atoms with van der Waals surface area (Å²) in [7, 11) is 4.24. The zero-order chi connectivity index (χ0) is 16.1. The van der Waals surface area contributed by atoms with Crippen LogP contribution >= 0.6 is 0 Å². The van der Waals surface area contributed by atoms with Gasteiger partial charge in [0.1, 0.15) is 0 Å². The van der Waals surface area contributed by atoms with Crippen LogP contribution in [0.3, 0.4) is 0 Å². The Hall–Kier alpha value is -2.32. The molecule has 0 unspecified atom stereocenters. The third kappa shape index (κ3) is 1.71. The number of amides is 4. The van der Waals surface area contributed by atoms with E-state index in [0.29, 0.717) is 5.96 Å². The molecule has 0 saturated carbocycles. The molecule has 0 radical (unpaired) electrons. The van der Waals surface area contributed by atoms with Gasteiger partial charge in [-0.25, -0.2) is 4.79 Å². The Kier molecular flexibility index (Phi) is 3.22. The Morgan fingerprint density at radius 2 is 1.50 bits per heavy atom. The van der Waals surface area contributed by atoms with Crippen molar-refractivity contribution in [2.24, 2.45) is 5.16 Å². The first kappa shape index (κ1) is 14.6. The Labute approximate surface area is 128 Å². The quantitative estimate of drug-likeness (QED) is 0.558. The van der Waals surface area contributed by atoms with Crippen molar-refractivity contribution in [3.63, 3.8) is 0 Å². The summed E-state index contributed by atoms with van der Waals surface area (Å²) >= 11 is 0. The fraction of sp³-hybridized carbons (Fsp3) is 0.692. The Morgan fingerprint density at radius 1 is 0.955 bits per heavy atom. The molecule has 9 nitrogen and oxygen atoms in total. The molecule has 3 heterocycles. The molecule has 0 aromatic rings. The number of hydrogen-bond donors (Lipinski definition) is 0. The zero-order valence-corrected chi connectivity index (χ0v) is 12.9. The fourth-order valence-corrected chi connectivity index (χ4v) is 3.04. The number of nitrogens with zero attached hydrogens (tertiary/aromatic N) is 5. The first-order valence-electron chi connectivity index (χ1n) is 7.26. The second kappa shape index (κ2) is 4.85. The number of oxime groups is 1. The molecule has 0 aromatic carbocycles. The summed E-state index contributed by atoms with van der Waals surface area (Å²) in [4.78, 5) is 47.5. The number of imide groups is 2. The Bertz CT molecular complexity index is 545. The van der Waals surface area contributed by atoms with Crippen molar-refractivity contribution in [1.29, 1.82) is 0 Å². The van der Waals surface area contributed by atoms with Gasteiger partial charge in [-0.3, -0.25) is 24.3 Å². The van der Waals surface area contributed by atoms with E-state index in [9.17, 15) is 14.4 Å². The predicted molar refractivity (Wildman–Crippen MR) is 75.4 cm³/mol. The molecule has 0 bridgehead atoms. The van der Waals surface area contributed by atoms with Gasteiger partial charge in [-0.1, -0.05) is 0 Å². The summed E-state index contributed by atoms with van der Waals surface area (Å²) < 4.78 is 0. The topological polar surface area (TPSA) is 85.8 Å². The highest BCUT2D eigenvalue weighted by Crippen LogP contribution is 2.32. The molecule has 3 aliphatic heterocycles. The van der Waals surface area contributed by atoms with Crippen molar-refractivity contribution in [3.05, 3.63) is 0 Å². The maximum absolute atomic E-state index is 12.6. The zero-order valence-electron chi connectivity index (χ0n) is 12.9. The van der Waals surface area contributed by atoms with Crippen LogP contribution in [0.15, 0.2) is 5.16 Å². The molecule has 1 spiro atoms. The number of likely N-dealkylation sites (tertiary alicyclic amines) is 1. The molecule has 4 amide bonds. The molecule has 2 fully saturated rings. The van der Waals surface area contributed by atoms with Crippen LogP contribution in [0.2, 0.25) is 0 Å². The molecular weight excluding hydrogens is 290 g/mol.